The van der Waals surface area contributed by atoms with E-state index in [4.69, 9.17) is 0 Å². The van der Waals surface area contributed by atoms with Gasteiger partial charge < -0.3 is 10.2 Å². The Morgan fingerprint density at radius 2 is 2.08 bits per heavy atom. The third kappa shape index (κ3) is 5.22. The number of hydrogen-bond donors (Lipinski definition) is 1. The highest BCUT2D eigenvalue weighted by atomic mass is 127. The lowest BCUT2D eigenvalue weighted by molar-refractivity contribution is 0.234. The molecule has 1 aliphatic rings. The van der Waals surface area contributed by atoms with E-state index in [9.17, 15) is 0 Å². The average molecular weight is 467 g/mol. The molecule has 1 saturated heterocycles. The third-order valence-corrected chi connectivity index (χ3v) is 5.10. The lowest BCUT2D eigenvalue weighted by Crippen LogP contribution is -2.48. The maximum absolute atomic E-state index is 4.49. The Hall–Kier alpha value is -1.57. The standard InChI is InChI=1S/C20H29N5.HI/c1-16-14-25(12-10-19(16)18-7-5-4-6-8-18)20(21-2)22-11-9-17-13-23-24(3)15-17;/h4-8,13,15-16,19H,9-12,14H2,1-3H3,(H,21,22);1H. The van der Waals surface area contributed by atoms with Gasteiger partial charge in [0, 0.05) is 39.9 Å². The number of piperidine rings is 1. The first kappa shape index (κ1) is 20.7. The molecule has 0 saturated carbocycles. The lowest BCUT2D eigenvalue weighted by Gasteiger charge is -2.39. The summed E-state index contributed by atoms with van der Waals surface area (Å²) in [4.78, 5) is 6.89. The first-order chi connectivity index (χ1) is 12.2. The predicted octanol–water partition coefficient (Wildman–Crippen LogP) is 3.28. The molecule has 0 aliphatic carbocycles. The Kier molecular flexibility index (Phi) is 7.93. The normalized spacial score (nSPS) is 20.6. The summed E-state index contributed by atoms with van der Waals surface area (Å²) < 4.78 is 1.85. The van der Waals surface area contributed by atoms with Crippen LogP contribution in [-0.2, 0) is 13.5 Å². The number of guanidine groups is 1. The fraction of sp³-hybridized carbons (Fsp3) is 0.500. The number of nitrogens with one attached hydrogen (secondary N) is 1. The molecule has 5 nitrogen and oxygen atoms in total. The molecular formula is C20H30IN5. The second-order valence-electron chi connectivity index (χ2n) is 6.98. The molecule has 0 amide bonds. The van der Waals surface area contributed by atoms with Crippen LogP contribution in [0.25, 0.3) is 0 Å². The van der Waals surface area contributed by atoms with E-state index in [0.29, 0.717) is 11.8 Å². The highest BCUT2D eigenvalue weighted by molar-refractivity contribution is 14.0. The molecule has 1 aliphatic heterocycles. The summed E-state index contributed by atoms with van der Waals surface area (Å²) >= 11 is 0. The van der Waals surface area contributed by atoms with Gasteiger partial charge in [-0.2, -0.15) is 5.10 Å². The minimum atomic E-state index is 0. The Morgan fingerprint density at radius 3 is 2.69 bits per heavy atom. The van der Waals surface area contributed by atoms with E-state index in [1.54, 1.807) is 0 Å². The molecule has 1 N–H and O–H groups in total. The first-order valence-electron chi connectivity index (χ1n) is 9.15. The van der Waals surface area contributed by atoms with Crippen LogP contribution in [0, 0.1) is 5.92 Å². The van der Waals surface area contributed by atoms with E-state index in [1.807, 2.05) is 25.0 Å². The van der Waals surface area contributed by atoms with E-state index in [1.165, 1.54) is 17.5 Å². The van der Waals surface area contributed by atoms with Gasteiger partial charge in [-0.1, -0.05) is 37.3 Å². The van der Waals surface area contributed by atoms with Crippen molar-refractivity contribution >= 4 is 29.9 Å². The minimum Gasteiger partial charge on any atom is -0.356 e. The lowest BCUT2D eigenvalue weighted by atomic mass is 9.82. The fourth-order valence-corrected chi connectivity index (χ4v) is 3.79. The zero-order valence-corrected chi connectivity index (χ0v) is 18.3. The summed E-state index contributed by atoms with van der Waals surface area (Å²) in [6.07, 6.45) is 6.13. The van der Waals surface area contributed by atoms with Crippen molar-refractivity contribution in [2.45, 2.75) is 25.7 Å². The van der Waals surface area contributed by atoms with Gasteiger partial charge in [0.15, 0.2) is 5.96 Å². The van der Waals surface area contributed by atoms with Gasteiger partial charge in [-0.25, -0.2) is 0 Å². The Balaban J connectivity index is 0.00000243. The first-order valence-corrected chi connectivity index (χ1v) is 9.15. The summed E-state index contributed by atoms with van der Waals surface area (Å²) in [6, 6.07) is 10.9. The molecule has 26 heavy (non-hydrogen) atoms. The summed E-state index contributed by atoms with van der Waals surface area (Å²) in [5.41, 5.74) is 2.72. The number of aryl methyl sites for hydroxylation is 1. The van der Waals surface area contributed by atoms with Crippen LogP contribution in [0.2, 0.25) is 0 Å². The Labute approximate surface area is 173 Å². The minimum absolute atomic E-state index is 0. The van der Waals surface area contributed by atoms with Crippen molar-refractivity contribution in [3.05, 3.63) is 53.9 Å². The van der Waals surface area contributed by atoms with Crippen LogP contribution in [0.4, 0.5) is 0 Å². The molecule has 2 unspecified atom stereocenters. The molecule has 0 radical (unpaired) electrons. The molecule has 0 bridgehead atoms. The number of nitrogens with zero attached hydrogens (tertiary/aromatic N) is 4. The highest BCUT2D eigenvalue weighted by Crippen LogP contribution is 2.32. The smallest absolute Gasteiger partial charge is 0.193 e. The number of aliphatic imine (C=N–C) groups is 1. The predicted molar refractivity (Wildman–Crippen MR) is 118 cm³/mol. The maximum atomic E-state index is 4.49. The van der Waals surface area contributed by atoms with Gasteiger partial charge in [-0.3, -0.25) is 9.67 Å². The van der Waals surface area contributed by atoms with Crippen molar-refractivity contribution < 1.29 is 0 Å². The number of benzene rings is 1. The van der Waals surface area contributed by atoms with E-state index >= 15 is 0 Å². The van der Waals surface area contributed by atoms with Gasteiger partial charge >= 0.3 is 0 Å². The Morgan fingerprint density at radius 1 is 1.31 bits per heavy atom. The van der Waals surface area contributed by atoms with Crippen LogP contribution >= 0.6 is 24.0 Å². The average Bonchev–Trinajstić information content (AvgIpc) is 3.04. The molecule has 142 valence electrons. The van der Waals surface area contributed by atoms with E-state index in [-0.39, 0.29) is 24.0 Å². The molecule has 1 fully saturated rings. The monoisotopic (exact) mass is 467 g/mol. The summed E-state index contributed by atoms with van der Waals surface area (Å²) in [5.74, 6) is 2.28. The molecular weight excluding hydrogens is 437 g/mol. The van der Waals surface area contributed by atoms with Crippen LogP contribution in [0.1, 0.15) is 30.4 Å². The van der Waals surface area contributed by atoms with E-state index < -0.39 is 0 Å². The van der Waals surface area contributed by atoms with Crippen molar-refractivity contribution in [1.29, 1.82) is 0 Å². The van der Waals surface area contributed by atoms with Gasteiger partial charge in [0.05, 0.1) is 6.20 Å². The van der Waals surface area contributed by atoms with Gasteiger partial charge in [0.2, 0.25) is 0 Å². The molecule has 1 aromatic heterocycles. The zero-order valence-electron chi connectivity index (χ0n) is 15.9. The zero-order chi connectivity index (χ0) is 17.6. The molecule has 3 rings (SSSR count). The van der Waals surface area contributed by atoms with Crippen LogP contribution in [0.5, 0.6) is 0 Å². The van der Waals surface area contributed by atoms with Crippen molar-refractivity contribution in [2.24, 2.45) is 18.0 Å². The number of halogens is 1. The van der Waals surface area contributed by atoms with Crippen molar-refractivity contribution in [2.75, 3.05) is 26.7 Å². The summed E-state index contributed by atoms with van der Waals surface area (Å²) in [5, 5.41) is 7.73. The maximum Gasteiger partial charge on any atom is 0.193 e. The molecule has 2 aromatic rings. The van der Waals surface area contributed by atoms with E-state index in [2.05, 4.69) is 63.8 Å². The van der Waals surface area contributed by atoms with Gasteiger partial charge in [-0.05, 0) is 35.8 Å². The van der Waals surface area contributed by atoms with Crippen molar-refractivity contribution in [3.63, 3.8) is 0 Å². The van der Waals surface area contributed by atoms with Gasteiger partial charge in [0.1, 0.15) is 0 Å². The summed E-state index contributed by atoms with van der Waals surface area (Å²) in [6.45, 7) is 5.33. The van der Waals surface area contributed by atoms with Gasteiger partial charge in [0.25, 0.3) is 0 Å². The molecule has 2 atom stereocenters. The van der Waals surface area contributed by atoms with Crippen LogP contribution in [0.3, 0.4) is 0 Å². The molecule has 1 aromatic carbocycles. The molecule has 0 spiro atoms. The SMILES string of the molecule is CN=C(NCCc1cnn(C)c1)N1CCC(c2ccccc2)C(C)C1.I. The second-order valence-corrected chi connectivity index (χ2v) is 6.98. The molecule has 6 heteroatoms. The topological polar surface area (TPSA) is 45.5 Å². The third-order valence-electron chi connectivity index (χ3n) is 5.10. The number of hydrogen-bond acceptors (Lipinski definition) is 2. The number of aromatic nitrogens is 2. The van der Waals surface area contributed by atoms with Crippen LogP contribution in [-0.4, -0.2) is 47.3 Å². The molecule has 2 heterocycles. The number of rotatable bonds is 4. The van der Waals surface area contributed by atoms with Crippen LogP contribution in [0.15, 0.2) is 47.7 Å². The quantitative estimate of drug-likeness (QED) is 0.427. The fourth-order valence-electron chi connectivity index (χ4n) is 3.79. The van der Waals surface area contributed by atoms with Crippen LogP contribution < -0.4 is 5.32 Å². The summed E-state index contributed by atoms with van der Waals surface area (Å²) in [7, 11) is 3.83. The largest absolute Gasteiger partial charge is 0.356 e. The highest BCUT2D eigenvalue weighted by Gasteiger charge is 2.28. The van der Waals surface area contributed by atoms with Crippen molar-refractivity contribution in [1.82, 2.24) is 20.0 Å². The number of likely N-dealkylation sites (tertiary alicyclic amines) is 1. The second kappa shape index (κ2) is 9.94. The van der Waals surface area contributed by atoms with Gasteiger partial charge in [-0.15, -0.1) is 24.0 Å². The van der Waals surface area contributed by atoms with E-state index in [0.717, 1.165) is 32.0 Å². The van der Waals surface area contributed by atoms with Crippen molar-refractivity contribution in [3.8, 4) is 0 Å². The Bertz CT molecular complexity index is 697.